The molecule has 0 spiro atoms. The van der Waals surface area contributed by atoms with Gasteiger partial charge >= 0.3 is 0 Å². The maximum Gasteiger partial charge on any atom is 0.191 e. The van der Waals surface area contributed by atoms with Crippen LogP contribution in [-0.2, 0) is 11.3 Å². The van der Waals surface area contributed by atoms with E-state index in [4.69, 9.17) is 27.9 Å². The number of likely N-dealkylation sites (tertiary alicyclic amines) is 1. The van der Waals surface area contributed by atoms with Gasteiger partial charge in [-0.25, -0.2) is 0 Å². The van der Waals surface area contributed by atoms with Crippen LogP contribution in [0.15, 0.2) is 23.2 Å². The second-order valence-corrected chi connectivity index (χ2v) is 8.27. The third kappa shape index (κ3) is 8.22. The molecule has 2 fully saturated rings. The Kier molecular flexibility index (Phi) is 10.6. The van der Waals surface area contributed by atoms with Gasteiger partial charge in [0.1, 0.15) is 0 Å². The SMILES string of the molecule is CN=C(NCCOCC1CC1)NC1CCN(Cc2ccc(Cl)c(Cl)c2)CC1.I. The number of hydrogen-bond acceptors (Lipinski definition) is 3. The van der Waals surface area contributed by atoms with Crippen LogP contribution in [0.2, 0.25) is 10.0 Å². The van der Waals surface area contributed by atoms with Crippen molar-refractivity contribution >= 4 is 53.1 Å². The van der Waals surface area contributed by atoms with Crippen LogP contribution in [0.1, 0.15) is 31.2 Å². The number of nitrogens with one attached hydrogen (secondary N) is 2. The van der Waals surface area contributed by atoms with E-state index in [1.807, 2.05) is 19.2 Å². The van der Waals surface area contributed by atoms with E-state index in [1.165, 1.54) is 18.4 Å². The van der Waals surface area contributed by atoms with Gasteiger partial charge in [-0.1, -0.05) is 29.3 Å². The fourth-order valence-electron chi connectivity index (χ4n) is 3.30. The molecule has 0 bridgehead atoms. The van der Waals surface area contributed by atoms with E-state index in [0.29, 0.717) is 16.1 Å². The molecule has 1 aromatic rings. The van der Waals surface area contributed by atoms with Gasteiger partial charge in [0, 0.05) is 45.9 Å². The Bertz CT molecular complexity index is 635. The number of piperidine rings is 1. The quantitative estimate of drug-likeness (QED) is 0.225. The number of guanidine groups is 1. The molecule has 1 aliphatic carbocycles. The fraction of sp³-hybridized carbons (Fsp3) is 0.650. The standard InChI is InChI=1S/C20H30Cl2N4O.HI/c1-23-20(24-8-11-27-14-15-2-3-15)25-17-6-9-26(10-7-17)13-16-4-5-18(21)19(22)12-16;/h4-5,12,15,17H,2-3,6-11,13-14H2,1H3,(H2,23,24,25);1H. The van der Waals surface area contributed by atoms with Crippen molar-refractivity contribution in [1.29, 1.82) is 0 Å². The van der Waals surface area contributed by atoms with E-state index in [1.54, 1.807) is 0 Å². The van der Waals surface area contributed by atoms with Gasteiger partial charge in [0.05, 0.1) is 16.7 Å². The summed E-state index contributed by atoms with van der Waals surface area (Å²) < 4.78 is 5.66. The maximum absolute atomic E-state index is 6.12. The minimum atomic E-state index is 0. The highest BCUT2D eigenvalue weighted by Crippen LogP contribution is 2.28. The molecule has 3 rings (SSSR count). The predicted octanol–water partition coefficient (Wildman–Crippen LogP) is 4.17. The van der Waals surface area contributed by atoms with Gasteiger partial charge in [0.25, 0.3) is 0 Å². The van der Waals surface area contributed by atoms with Gasteiger partial charge in [0.15, 0.2) is 5.96 Å². The molecule has 0 atom stereocenters. The summed E-state index contributed by atoms with van der Waals surface area (Å²) in [7, 11) is 1.82. The fourth-order valence-corrected chi connectivity index (χ4v) is 3.62. The number of benzene rings is 1. The zero-order valence-corrected chi connectivity index (χ0v) is 20.3. The first-order valence-electron chi connectivity index (χ1n) is 9.85. The highest BCUT2D eigenvalue weighted by molar-refractivity contribution is 14.0. The average Bonchev–Trinajstić information content (AvgIpc) is 3.49. The van der Waals surface area contributed by atoms with Crippen molar-refractivity contribution in [3.05, 3.63) is 33.8 Å². The molecule has 8 heteroatoms. The van der Waals surface area contributed by atoms with Gasteiger partial charge < -0.3 is 15.4 Å². The third-order valence-corrected chi connectivity index (χ3v) is 5.87. The number of aliphatic imine (C=N–C) groups is 1. The van der Waals surface area contributed by atoms with E-state index in [0.717, 1.165) is 64.1 Å². The van der Waals surface area contributed by atoms with Crippen molar-refractivity contribution < 1.29 is 4.74 Å². The van der Waals surface area contributed by atoms with Crippen LogP contribution in [0.25, 0.3) is 0 Å². The van der Waals surface area contributed by atoms with Crippen LogP contribution in [0.5, 0.6) is 0 Å². The number of halogens is 3. The summed E-state index contributed by atoms with van der Waals surface area (Å²) in [6, 6.07) is 6.34. The number of hydrogen-bond donors (Lipinski definition) is 2. The molecule has 2 N–H and O–H groups in total. The zero-order chi connectivity index (χ0) is 19.1. The third-order valence-electron chi connectivity index (χ3n) is 5.13. The summed E-state index contributed by atoms with van der Waals surface area (Å²) in [4.78, 5) is 6.79. The van der Waals surface area contributed by atoms with Gasteiger partial charge in [-0.15, -0.1) is 24.0 Å². The lowest BCUT2D eigenvalue weighted by Gasteiger charge is -2.33. The molecule has 1 saturated heterocycles. The molecule has 0 unspecified atom stereocenters. The minimum Gasteiger partial charge on any atom is -0.379 e. The largest absolute Gasteiger partial charge is 0.379 e. The van der Waals surface area contributed by atoms with Crippen molar-refractivity contribution in [2.24, 2.45) is 10.9 Å². The molecule has 0 amide bonds. The smallest absolute Gasteiger partial charge is 0.191 e. The monoisotopic (exact) mass is 540 g/mol. The van der Waals surface area contributed by atoms with Crippen molar-refractivity contribution in [1.82, 2.24) is 15.5 Å². The van der Waals surface area contributed by atoms with Crippen molar-refractivity contribution in [3.63, 3.8) is 0 Å². The lowest BCUT2D eigenvalue weighted by Crippen LogP contribution is -2.49. The Morgan fingerprint density at radius 2 is 1.93 bits per heavy atom. The first-order chi connectivity index (χ1) is 13.1. The molecule has 0 radical (unpaired) electrons. The molecule has 1 aliphatic heterocycles. The molecule has 158 valence electrons. The molecule has 1 heterocycles. The Balaban J connectivity index is 0.00000280. The summed E-state index contributed by atoms with van der Waals surface area (Å²) in [6.45, 7) is 5.46. The van der Waals surface area contributed by atoms with Crippen LogP contribution in [0, 0.1) is 5.92 Å². The Labute approximate surface area is 195 Å². The molecule has 1 aromatic carbocycles. The summed E-state index contributed by atoms with van der Waals surface area (Å²) in [6.07, 6.45) is 4.86. The second-order valence-electron chi connectivity index (χ2n) is 7.46. The number of ether oxygens (including phenoxy) is 1. The Morgan fingerprint density at radius 1 is 1.18 bits per heavy atom. The summed E-state index contributed by atoms with van der Waals surface area (Å²) in [5.74, 6) is 1.68. The molecule has 5 nitrogen and oxygen atoms in total. The van der Waals surface area contributed by atoms with Crippen LogP contribution < -0.4 is 10.6 Å². The maximum atomic E-state index is 6.12. The molecule has 28 heavy (non-hydrogen) atoms. The van der Waals surface area contributed by atoms with E-state index in [-0.39, 0.29) is 24.0 Å². The molecular weight excluding hydrogens is 510 g/mol. The number of rotatable bonds is 8. The molecule has 1 saturated carbocycles. The first kappa shape index (κ1) is 24.0. The lowest BCUT2D eigenvalue weighted by atomic mass is 10.0. The topological polar surface area (TPSA) is 48.9 Å². The van der Waals surface area contributed by atoms with Crippen LogP contribution in [0.3, 0.4) is 0 Å². The van der Waals surface area contributed by atoms with E-state index in [2.05, 4.69) is 26.6 Å². The second kappa shape index (κ2) is 12.4. The van der Waals surface area contributed by atoms with Crippen LogP contribution >= 0.6 is 47.2 Å². The molecule has 0 aromatic heterocycles. The van der Waals surface area contributed by atoms with E-state index >= 15 is 0 Å². The van der Waals surface area contributed by atoms with Crippen molar-refractivity contribution in [2.45, 2.75) is 38.3 Å². The van der Waals surface area contributed by atoms with Crippen molar-refractivity contribution in [2.75, 3.05) is 39.9 Å². The van der Waals surface area contributed by atoms with Gasteiger partial charge in [0.2, 0.25) is 0 Å². The molecular formula is C20H31Cl2IN4O. The summed E-state index contributed by atoms with van der Waals surface area (Å²) in [5, 5.41) is 8.12. The number of nitrogens with zero attached hydrogens (tertiary/aromatic N) is 2. The average molecular weight is 541 g/mol. The molecule has 2 aliphatic rings. The summed E-state index contributed by atoms with van der Waals surface area (Å²) >= 11 is 12.1. The Morgan fingerprint density at radius 3 is 2.57 bits per heavy atom. The van der Waals surface area contributed by atoms with Gasteiger partial charge in [-0.3, -0.25) is 9.89 Å². The van der Waals surface area contributed by atoms with Crippen molar-refractivity contribution in [3.8, 4) is 0 Å². The minimum absolute atomic E-state index is 0. The zero-order valence-electron chi connectivity index (χ0n) is 16.4. The normalized spacial score (nSPS) is 18.6. The van der Waals surface area contributed by atoms with Crippen LogP contribution in [0.4, 0.5) is 0 Å². The highest BCUT2D eigenvalue weighted by Gasteiger charge is 2.21. The predicted molar refractivity (Wildman–Crippen MR) is 128 cm³/mol. The Hall–Kier alpha value is -0.280. The van der Waals surface area contributed by atoms with Gasteiger partial charge in [-0.2, -0.15) is 0 Å². The van der Waals surface area contributed by atoms with Gasteiger partial charge in [-0.05, 0) is 49.3 Å². The van der Waals surface area contributed by atoms with E-state index in [9.17, 15) is 0 Å². The summed E-state index contributed by atoms with van der Waals surface area (Å²) in [5.41, 5.74) is 1.21. The lowest BCUT2D eigenvalue weighted by molar-refractivity contribution is 0.129. The first-order valence-corrected chi connectivity index (χ1v) is 10.6. The van der Waals surface area contributed by atoms with Crippen LogP contribution in [-0.4, -0.2) is 56.8 Å². The highest BCUT2D eigenvalue weighted by atomic mass is 127. The van der Waals surface area contributed by atoms with E-state index < -0.39 is 0 Å².